The highest BCUT2D eigenvalue weighted by Gasteiger charge is 2.22. The molecule has 2 aliphatic rings. The van der Waals surface area contributed by atoms with E-state index in [-0.39, 0.29) is 5.56 Å². The zero-order chi connectivity index (χ0) is 25.1. The second-order valence-electron chi connectivity index (χ2n) is 9.93. The van der Waals surface area contributed by atoms with Crippen LogP contribution >= 0.6 is 0 Å². The van der Waals surface area contributed by atoms with Gasteiger partial charge in [-0.3, -0.25) is 14.6 Å². The minimum atomic E-state index is -0.764. The van der Waals surface area contributed by atoms with E-state index >= 15 is 0 Å². The first-order valence-electron chi connectivity index (χ1n) is 12.7. The molecule has 1 saturated heterocycles. The summed E-state index contributed by atoms with van der Waals surface area (Å²) in [6.45, 7) is 4.20. The summed E-state index contributed by atoms with van der Waals surface area (Å²) < 4.78 is 7.81. The summed E-state index contributed by atoms with van der Waals surface area (Å²) in [4.78, 5) is 35.7. The molecule has 2 aliphatic heterocycles. The van der Waals surface area contributed by atoms with Crippen molar-refractivity contribution < 1.29 is 14.6 Å². The minimum Gasteiger partial charge on any atom is -0.481 e. The third-order valence-electron chi connectivity index (χ3n) is 7.30. The monoisotopic (exact) mass is 488 g/mol. The van der Waals surface area contributed by atoms with Gasteiger partial charge >= 0.3 is 5.97 Å². The largest absolute Gasteiger partial charge is 0.481 e. The smallest absolute Gasteiger partial charge is 0.306 e. The van der Waals surface area contributed by atoms with Crippen molar-refractivity contribution in [3.8, 4) is 11.4 Å². The molecule has 0 spiro atoms. The highest BCUT2D eigenvalue weighted by atomic mass is 16.5. The number of ether oxygens (including phenoxy) is 1. The number of rotatable bonds is 9. The van der Waals surface area contributed by atoms with Gasteiger partial charge in [0.2, 0.25) is 0 Å². The summed E-state index contributed by atoms with van der Waals surface area (Å²) in [5.74, 6) is 0.146. The molecule has 0 aliphatic carbocycles. The third kappa shape index (κ3) is 5.33. The lowest BCUT2D eigenvalue weighted by molar-refractivity contribution is -0.141. The van der Waals surface area contributed by atoms with Gasteiger partial charge in [0.25, 0.3) is 5.56 Å². The molecule has 8 nitrogen and oxygen atoms in total. The Kier molecular flexibility index (Phi) is 7.13. The van der Waals surface area contributed by atoms with Crippen molar-refractivity contribution in [2.75, 3.05) is 13.2 Å². The summed E-state index contributed by atoms with van der Waals surface area (Å²) in [6, 6.07) is 8.15. The summed E-state index contributed by atoms with van der Waals surface area (Å²) in [6.07, 6.45) is 9.87. The van der Waals surface area contributed by atoms with E-state index in [1.54, 1.807) is 19.3 Å². The molecule has 1 aromatic carbocycles. The van der Waals surface area contributed by atoms with Gasteiger partial charge in [-0.25, -0.2) is 4.98 Å². The van der Waals surface area contributed by atoms with Gasteiger partial charge in [0.1, 0.15) is 5.82 Å². The predicted octanol–water partition coefficient (Wildman–Crippen LogP) is 4.51. The molecule has 2 N–H and O–H groups in total. The number of H-pyrrole nitrogens is 1. The Bertz CT molecular complexity index is 1380. The lowest BCUT2D eigenvalue weighted by Gasteiger charge is -2.23. The van der Waals surface area contributed by atoms with Crippen molar-refractivity contribution in [2.45, 2.75) is 52.0 Å². The second kappa shape index (κ2) is 10.6. The molecular formula is C28H32N4O4. The summed E-state index contributed by atoms with van der Waals surface area (Å²) in [5, 5.41) is 9.73. The maximum Gasteiger partial charge on any atom is 0.306 e. The molecule has 3 aromatic rings. The molecule has 0 unspecified atom stereocenters. The van der Waals surface area contributed by atoms with Gasteiger partial charge in [-0.2, -0.15) is 0 Å². The maximum atomic E-state index is 12.0. The number of aliphatic imine (C=N–C) groups is 1. The van der Waals surface area contributed by atoms with Gasteiger partial charge in [-0.1, -0.05) is 6.07 Å². The van der Waals surface area contributed by atoms with Crippen LogP contribution in [-0.2, 0) is 22.5 Å². The number of carbonyl (C=O) groups is 1. The predicted molar refractivity (Wildman–Crippen MR) is 139 cm³/mol. The number of benzene rings is 1. The average Bonchev–Trinajstić information content (AvgIpc) is 3.52. The first-order valence-corrected chi connectivity index (χ1v) is 12.7. The van der Waals surface area contributed by atoms with Crippen molar-refractivity contribution in [3.63, 3.8) is 0 Å². The number of aryl methyl sites for hydroxylation is 2. The Morgan fingerprint density at radius 1 is 1.28 bits per heavy atom. The molecule has 0 amide bonds. The van der Waals surface area contributed by atoms with Crippen LogP contribution in [0.25, 0.3) is 22.4 Å². The number of aromatic nitrogens is 3. The van der Waals surface area contributed by atoms with E-state index in [0.29, 0.717) is 30.7 Å². The van der Waals surface area contributed by atoms with Crippen LogP contribution in [0.3, 0.4) is 0 Å². The lowest BCUT2D eigenvalue weighted by Crippen LogP contribution is -2.21. The van der Waals surface area contributed by atoms with Gasteiger partial charge in [-0.05, 0) is 74.3 Å². The van der Waals surface area contributed by atoms with Gasteiger partial charge in [0.15, 0.2) is 0 Å². The highest BCUT2D eigenvalue weighted by Crippen LogP contribution is 2.29. The van der Waals surface area contributed by atoms with Crippen molar-refractivity contribution in [3.05, 3.63) is 63.7 Å². The van der Waals surface area contributed by atoms with E-state index in [4.69, 9.17) is 9.72 Å². The summed E-state index contributed by atoms with van der Waals surface area (Å²) >= 11 is 0. The van der Waals surface area contributed by atoms with Crippen LogP contribution in [0.2, 0.25) is 0 Å². The quantitative estimate of drug-likeness (QED) is 0.461. The molecule has 188 valence electrons. The Labute approximate surface area is 209 Å². The molecule has 0 bridgehead atoms. The SMILES string of the molecule is Cc1cc(-c2nc3cc(CC[C@@H](CC4=CN=CC4)C(=O)O)ccc3n2CC2CCOCC2)c[nH]c1=O. The molecule has 2 aromatic heterocycles. The van der Waals surface area contributed by atoms with Crippen molar-refractivity contribution in [1.82, 2.24) is 14.5 Å². The average molecular weight is 489 g/mol. The number of carboxylic acids is 1. The number of aliphatic carboxylic acids is 1. The topological polar surface area (TPSA) is 110 Å². The Hall–Kier alpha value is -3.52. The minimum absolute atomic E-state index is 0.0963. The number of hydrogen-bond acceptors (Lipinski definition) is 5. The molecule has 5 rings (SSSR count). The van der Waals surface area contributed by atoms with E-state index < -0.39 is 11.9 Å². The van der Waals surface area contributed by atoms with E-state index in [0.717, 1.165) is 72.6 Å². The number of nitrogens with one attached hydrogen (secondary N) is 1. The standard InChI is InChI=1S/C28H32N4O4/c1-18-12-23(16-30-27(18)33)26-31-24-14-19(2-4-22(28(34)35)13-21-6-9-29-15-21)3-5-25(24)32(26)17-20-7-10-36-11-8-20/h3,5,9,12,14-16,20,22H,2,4,6-8,10-11,13,17H2,1H3,(H,30,33)(H,34,35)/t22-/m0/s1. The fraction of sp³-hybridized carbons (Fsp3) is 0.429. The third-order valence-corrected chi connectivity index (χ3v) is 7.30. The molecule has 8 heteroatoms. The fourth-order valence-corrected chi connectivity index (χ4v) is 5.14. The van der Waals surface area contributed by atoms with Crippen LogP contribution in [-0.4, -0.2) is 45.0 Å². The number of aromatic amines is 1. The van der Waals surface area contributed by atoms with Gasteiger partial charge in [0.05, 0.1) is 17.0 Å². The van der Waals surface area contributed by atoms with Crippen LogP contribution < -0.4 is 5.56 Å². The molecule has 36 heavy (non-hydrogen) atoms. The second-order valence-corrected chi connectivity index (χ2v) is 9.93. The normalized spacial score (nSPS) is 17.0. The number of imidazole rings is 1. The first-order chi connectivity index (χ1) is 17.5. The molecule has 1 fully saturated rings. The Morgan fingerprint density at radius 3 is 2.83 bits per heavy atom. The van der Waals surface area contributed by atoms with Gasteiger partial charge in [-0.15, -0.1) is 0 Å². The number of carboxylic acid groups (broad SMARTS) is 1. The lowest BCUT2D eigenvalue weighted by atomic mass is 9.92. The molecule has 0 saturated carbocycles. The fourth-order valence-electron chi connectivity index (χ4n) is 5.14. The van der Waals surface area contributed by atoms with Crippen LogP contribution in [0.5, 0.6) is 0 Å². The van der Waals surface area contributed by atoms with E-state index in [9.17, 15) is 14.7 Å². The Balaban J connectivity index is 1.43. The number of fused-ring (bicyclic) bond motifs is 1. The van der Waals surface area contributed by atoms with Crippen molar-refractivity contribution in [2.24, 2.45) is 16.8 Å². The zero-order valence-electron chi connectivity index (χ0n) is 20.6. The number of nitrogens with zero attached hydrogens (tertiary/aromatic N) is 3. The zero-order valence-corrected chi connectivity index (χ0v) is 20.6. The maximum absolute atomic E-state index is 12.0. The summed E-state index contributed by atoms with van der Waals surface area (Å²) in [5.41, 5.74) is 5.52. The van der Waals surface area contributed by atoms with Crippen LogP contribution in [0, 0.1) is 18.8 Å². The Morgan fingerprint density at radius 2 is 2.11 bits per heavy atom. The first kappa shape index (κ1) is 24.2. The number of pyridine rings is 1. The van der Waals surface area contributed by atoms with Crippen LogP contribution in [0.4, 0.5) is 0 Å². The van der Waals surface area contributed by atoms with Crippen molar-refractivity contribution >= 4 is 23.2 Å². The van der Waals surface area contributed by atoms with Gasteiger partial charge < -0.3 is 19.4 Å². The van der Waals surface area contributed by atoms with E-state index in [2.05, 4.69) is 32.7 Å². The van der Waals surface area contributed by atoms with Crippen molar-refractivity contribution in [1.29, 1.82) is 0 Å². The van der Waals surface area contributed by atoms with Crippen LogP contribution in [0.1, 0.15) is 43.2 Å². The number of hydrogen-bond donors (Lipinski definition) is 2. The van der Waals surface area contributed by atoms with E-state index in [1.807, 2.05) is 12.3 Å². The number of allylic oxidation sites excluding steroid dienone is 1. The summed E-state index contributed by atoms with van der Waals surface area (Å²) in [7, 11) is 0. The van der Waals surface area contributed by atoms with E-state index in [1.165, 1.54) is 0 Å². The molecule has 1 atom stereocenters. The highest BCUT2D eigenvalue weighted by molar-refractivity contribution is 5.81. The van der Waals surface area contributed by atoms with Gasteiger partial charge in [0, 0.05) is 55.9 Å². The molecular weight excluding hydrogens is 456 g/mol. The van der Waals surface area contributed by atoms with Crippen LogP contribution in [0.15, 0.2) is 52.0 Å². The molecule has 0 radical (unpaired) electrons. The molecule has 4 heterocycles.